The van der Waals surface area contributed by atoms with Crippen molar-refractivity contribution in [3.8, 4) is 0 Å². The fraction of sp³-hybridized carbons (Fsp3) is 0.190. The molecule has 1 amide bonds. The van der Waals surface area contributed by atoms with Gasteiger partial charge in [0.25, 0.3) is 0 Å². The standard InChI is InChI=1S/C21H21N5O/c1-16-9-11-25(24-16)12-10-21(27)23-19-13-22-26(15-19)14-18-7-4-6-17-5-2-3-8-20(17)18/h2-9,11,13,15H,10,12,14H2,1H3,(H,23,27). The number of nitrogens with one attached hydrogen (secondary N) is 1. The third-order valence-electron chi connectivity index (χ3n) is 4.47. The van der Waals surface area contributed by atoms with Crippen LogP contribution in [0, 0.1) is 6.92 Å². The molecule has 0 fully saturated rings. The van der Waals surface area contributed by atoms with Crippen molar-refractivity contribution in [2.24, 2.45) is 0 Å². The van der Waals surface area contributed by atoms with Crippen molar-refractivity contribution < 1.29 is 4.79 Å². The van der Waals surface area contributed by atoms with Gasteiger partial charge in [0, 0.05) is 25.4 Å². The van der Waals surface area contributed by atoms with Gasteiger partial charge in [-0.2, -0.15) is 10.2 Å². The first kappa shape index (κ1) is 17.0. The van der Waals surface area contributed by atoms with Gasteiger partial charge >= 0.3 is 0 Å². The second kappa shape index (κ2) is 7.45. The zero-order valence-electron chi connectivity index (χ0n) is 15.2. The number of hydrogen-bond donors (Lipinski definition) is 1. The van der Waals surface area contributed by atoms with Gasteiger partial charge in [-0.25, -0.2) is 0 Å². The molecule has 0 radical (unpaired) electrons. The van der Waals surface area contributed by atoms with Crippen LogP contribution in [0.4, 0.5) is 5.69 Å². The van der Waals surface area contributed by atoms with Gasteiger partial charge in [0.2, 0.25) is 5.91 Å². The number of aryl methyl sites for hydroxylation is 2. The zero-order chi connectivity index (χ0) is 18.6. The lowest BCUT2D eigenvalue weighted by atomic mass is 10.0. The highest BCUT2D eigenvalue weighted by Gasteiger charge is 2.07. The Morgan fingerprint density at radius 3 is 2.78 bits per heavy atom. The van der Waals surface area contributed by atoms with Crippen molar-refractivity contribution in [1.82, 2.24) is 19.6 Å². The normalized spacial score (nSPS) is 11.0. The predicted molar refractivity (Wildman–Crippen MR) is 105 cm³/mol. The van der Waals surface area contributed by atoms with Crippen LogP contribution >= 0.6 is 0 Å². The molecule has 1 N–H and O–H groups in total. The Morgan fingerprint density at radius 1 is 1.07 bits per heavy atom. The molecular formula is C21H21N5O. The van der Waals surface area contributed by atoms with E-state index in [1.54, 1.807) is 10.9 Å². The Kier molecular flexibility index (Phi) is 4.70. The average molecular weight is 359 g/mol. The second-order valence-corrected chi connectivity index (χ2v) is 6.58. The van der Waals surface area contributed by atoms with Gasteiger partial charge in [-0.05, 0) is 29.3 Å². The van der Waals surface area contributed by atoms with Crippen LogP contribution in [-0.2, 0) is 17.9 Å². The van der Waals surface area contributed by atoms with Crippen LogP contribution in [0.15, 0.2) is 67.1 Å². The summed E-state index contributed by atoms with van der Waals surface area (Å²) in [6, 6.07) is 16.5. The number of amides is 1. The number of hydrogen-bond acceptors (Lipinski definition) is 3. The molecule has 0 spiro atoms. The first-order valence-electron chi connectivity index (χ1n) is 8.96. The minimum atomic E-state index is -0.0483. The van der Waals surface area contributed by atoms with E-state index in [9.17, 15) is 4.79 Å². The van der Waals surface area contributed by atoms with Crippen molar-refractivity contribution >= 4 is 22.4 Å². The number of anilines is 1. The van der Waals surface area contributed by atoms with Gasteiger partial charge in [-0.1, -0.05) is 42.5 Å². The van der Waals surface area contributed by atoms with Crippen molar-refractivity contribution in [3.63, 3.8) is 0 Å². The van der Waals surface area contributed by atoms with Crippen molar-refractivity contribution in [2.75, 3.05) is 5.32 Å². The maximum absolute atomic E-state index is 12.1. The third kappa shape index (κ3) is 4.06. The minimum Gasteiger partial charge on any atom is -0.323 e. The zero-order valence-corrected chi connectivity index (χ0v) is 15.2. The lowest BCUT2D eigenvalue weighted by Gasteiger charge is -2.06. The van der Waals surface area contributed by atoms with Gasteiger partial charge in [-0.15, -0.1) is 0 Å². The second-order valence-electron chi connectivity index (χ2n) is 6.58. The molecule has 2 aromatic heterocycles. The molecule has 0 aliphatic rings. The van der Waals surface area contributed by atoms with Crippen LogP contribution in [0.2, 0.25) is 0 Å². The number of benzene rings is 2. The molecule has 2 aromatic carbocycles. The highest BCUT2D eigenvalue weighted by Crippen LogP contribution is 2.19. The summed E-state index contributed by atoms with van der Waals surface area (Å²) in [5.41, 5.74) is 2.85. The van der Waals surface area contributed by atoms with Crippen LogP contribution in [0.25, 0.3) is 10.8 Å². The van der Waals surface area contributed by atoms with E-state index in [4.69, 9.17) is 0 Å². The van der Waals surface area contributed by atoms with Crippen LogP contribution in [0.5, 0.6) is 0 Å². The molecule has 27 heavy (non-hydrogen) atoms. The number of carbonyl (C=O) groups is 1. The molecule has 4 rings (SSSR count). The SMILES string of the molecule is Cc1ccn(CCC(=O)Nc2cnn(Cc3cccc4ccccc34)c2)n1. The Bertz CT molecular complexity index is 1070. The van der Waals surface area contributed by atoms with Crippen LogP contribution in [0.1, 0.15) is 17.7 Å². The largest absolute Gasteiger partial charge is 0.323 e. The van der Waals surface area contributed by atoms with Crippen LogP contribution in [0.3, 0.4) is 0 Å². The Balaban J connectivity index is 1.38. The molecular weight excluding hydrogens is 338 g/mol. The molecule has 136 valence electrons. The van der Waals surface area contributed by atoms with E-state index in [0.29, 0.717) is 25.2 Å². The molecule has 2 heterocycles. The number of rotatable bonds is 6. The van der Waals surface area contributed by atoms with Crippen molar-refractivity contribution in [3.05, 3.63) is 78.4 Å². The first-order valence-corrected chi connectivity index (χ1v) is 8.96. The van der Waals surface area contributed by atoms with Gasteiger partial charge < -0.3 is 5.32 Å². The van der Waals surface area contributed by atoms with E-state index in [0.717, 1.165) is 5.69 Å². The van der Waals surface area contributed by atoms with E-state index >= 15 is 0 Å². The molecule has 0 aliphatic heterocycles. The Labute approximate surface area is 157 Å². The summed E-state index contributed by atoms with van der Waals surface area (Å²) in [6.45, 7) is 3.15. The smallest absolute Gasteiger partial charge is 0.226 e. The molecule has 0 aliphatic carbocycles. The predicted octanol–water partition coefficient (Wildman–Crippen LogP) is 3.62. The quantitative estimate of drug-likeness (QED) is 0.572. The van der Waals surface area contributed by atoms with E-state index in [-0.39, 0.29) is 5.91 Å². The molecule has 0 bridgehead atoms. The fourth-order valence-corrected chi connectivity index (χ4v) is 3.15. The Morgan fingerprint density at radius 2 is 1.93 bits per heavy atom. The van der Waals surface area contributed by atoms with Crippen molar-refractivity contribution in [2.45, 2.75) is 26.4 Å². The van der Waals surface area contributed by atoms with Gasteiger partial charge in [0.1, 0.15) is 0 Å². The van der Waals surface area contributed by atoms with Crippen LogP contribution < -0.4 is 5.32 Å². The Hall–Kier alpha value is -3.41. The highest BCUT2D eigenvalue weighted by atomic mass is 16.1. The third-order valence-corrected chi connectivity index (χ3v) is 4.47. The lowest BCUT2D eigenvalue weighted by Crippen LogP contribution is -2.14. The van der Waals surface area contributed by atoms with E-state index in [1.807, 2.05) is 42.2 Å². The molecule has 0 atom stereocenters. The van der Waals surface area contributed by atoms with E-state index in [1.165, 1.54) is 16.3 Å². The first-order chi connectivity index (χ1) is 13.2. The maximum atomic E-state index is 12.1. The number of aromatic nitrogens is 4. The average Bonchev–Trinajstić information content (AvgIpc) is 3.29. The fourth-order valence-electron chi connectivity index (χ4n) is 3.15. The lowest BCUT2D eigenvalue weighted by molar-refractivity contribution is -0.116. The molecule has 6 nitrogen and oxygen atoms in total. The van der Waals surface area contributed by atoms with Gasteiger partial charge in [-0.3, -0.25) is 14.2 Å². The molecule has 6 heteroatoms. The molecule has 0 unspecified atom stereocenters. The summed E-state index contributed by atoms with van der Waals surface area (Å²) >= 11 is 0. The molecule has 0 saturated carbocycles. The summed E-state index contributed by atoms with van der Waals surface area (Å²) in [5.74, 6) is -0.0483. The summed E-state index contributed by atoms with van der Waals surface area (Å²) in [7, 11) is 0. The van der Waals surface area contributed by atoms with E-state index in [2.05, 4.69) is 45.8 Å². The van der Waals surface area contributed by atoms with Crippen LogP contribution in [-0.4, -0.2) is 25.5 Å². The maximum Gasteiger partial charge on any atom is 0.226 e. The van der Waals surface area contributed by atoms with Crippen molar-refractivity contribution in [1.29, 1.82) is 0 Å². The number of carbonyl (C=O) groups excluding carboxylic acids is 1. The highest BCUT2D eigenvalue weighted by molar-refractivity contribution is 5.90. The summed E-state index contributed by atoms with van der Waals surface area (Å²) in [6.07, 6.45) is 5.79. The minimum absolute atomic E-state index is 0.0483. The summed E-state index contributed by atoms with van der Waals surface area (Å²) < 4.78 is 3.62. The van der Waals surface area contributed by atoms with Gasteiger partial charge in [0.15, 0.2) is 0 Å². The number of fused-ring (bicyclic) bond motifs is 1. The number of nitrogens with zero attached hydrogens (tertiary/aromatic N) is 4. The topological polar surface area (TPSA) is 64.7 Å². The van der Waals surface area contributed by atoms with E-state index < -0.39 is 0 Å². The summed E-state index contributed by atoms with van der Waals surface area (Å²) in [4.78, 5) is 12.1. The molecule has 0 saturated heterocycles. The summed E-state index contributed by atoms with van der Waals surface area (Å²) in [5, 5.41) is 14.0. The molecule has 4 aromatic rings. The monoisotopic (exact) mass is 359 g/mol. The van der Waals surface area contributed by atoms with Gasteiger partial charge in [0.05, 0.1) is 24.1 Å².